The van der Waals surface area contributed by atoms with E-state index in [1.165, 1.54) is 205 Å². The Morgan fingerprint density at radius 3 is 1.29 bits per heavy atom. The molecule has 0 heterocycles. The standard InChI is InChI=1S/C56H105NO5/c1-3-5-7-9-11-13-15-25-30-34-38-42-46-50-56(61)62-51-47-43-39-35-31-27-24-22-20-18-16-17-19-21-23-26-29-33-37-41-45-49-55(60)57-53(52-58)54(59)48-44-40-36-32-28-14-12-10-8-6-4-2/h7,9,13,15,44,48,53-54,58-59H,3-6,8,10-12,14,16-43,45-47,49-52H2,1-2H3,(H,57,60)/b9-7-,15-13-,48-44+. The number of carbonyl (C=O) groups excluding carboxylic acids is 2. The van der Waals surface area contributed by atoms with Crippen molar-refractivity contribution in [2.75, 3.05) is 13.2 Å². The monoisotopic (exact) mass is 872 g/mol. The van der Waals surface area contributed by atoms with Crippen molar-refractivity contribution in [1.29, 1.82) is 0 Å². The normalized spacial score (nSPS) is 12.9. The van der Waals surface area contributed by atoms with E-state index < -0.39 is 12.1 Å². The van der Waals surface area contributed by atoms with E-state index in [4.69, 9.17) is 4.74 Å². The minimum absolute atomic E-state index is 0.00458. The van der Waals surface area contributed by atoms with E-state index in [1.54, 1.807) is 6.08 Å². The van der Waals surface area contributed by atoms with Gasteiger partial charge in [-0.1, -0.05) is 249 Å². The van der Waals surface area contributed by atoms with Crippen molar-refractivity contribution in [2.45, 2.75) is 296 Å². The first-order valence-electron chi connectivity index (χ1n) is 27.3. The third kappa shape index (κ3) is 47.6. The number of carbonyl (C=O) groups is 2. The zero-order chi connectivity index (χ0) is 45.1. The zero-order valence-electron chi connectivity index (χ0n) is 41.4. The summed E-state index contributed by atoms with van der Waals surface area (Å²) >= 11 is 0. The number of ether oxygens (including phenoxy) is 1. The van der Waals surface area contributed by atoms with Crippen LogP contribution in [-0.4, -0.2) is 47.4 Å². The summed E-state index contributed by atoms with van der Waals surface area (Å²) in [5.41, 5.74) is 0. The van der Waals surface area contributed by atoms with Crippen LogP contribution in [0.15, 0.2) is 36.5 Å². The van der Waals surface area contributed by atoms with Crippen LogP contribution in [0, 0.1) is 0 Å². The largest absolute Gasteiger partial charge is 0.466 e. The maximum absolute atomic E-state index is 12.4. The Bertz CT molecular complexity index is 1010. The molecule has 6 heteroatoms. The summed E-state index contributed by atoms with van der Waals surface area (Å²) in [6, 6.07) is -0.627. The van der Waals surface area contributed by atoms with E-state index in [2.05, 4.69) is 43.5 Å². The summed E-state index contributed by atoms with van der Waals surface area (Å²) in [5, 5.41) is 23.0. The minimum Gasteiger partial charge on any atom is -0.466 e. The minimum atomic E-state index is -0.844. The molecular weight excluding hydrogens is 767 g/mol. The smallest absolute Gasteiger partial charge is 0.305 e. The average molecular weight is 872 g/mol. The molecule has 6 nitrogen and oxygen atoms in total. The number of hydrogen-bond donors (Lipinski definition) is 3. The maximum atomic E-state index is 12.4. The lowest BCUT2D eigenvalue weighted by Crippen LogP contribution is -2.45. The molecule has 2 unspecified atom stereocenters. The van der Waals surface area contributed by atoms with Gasteiger partial charge in [-0.3, -0.25) is 9.59 Å². The quantitative estimate of drug-likeness (QED) is 0.0321. The number of aliphatic hydroxyl groups excluding tert-OH is 2. The number of amides is 1. The SMILES string of the molecule is CCC/C=C\C/C=C\CCCCCCCC(=O)OCCCCCCCCCCCCCCCCCCCCCCCC(=O)NC(CO)C(O)/C=C/CCCCCCCCCCC. The van der Waals surface area contributed by atoms with Crippen LogP contribution in [-0.2, 0) is 14.3 Å². The van der Waals surface area contributed by atoms with E-state index in [0.29, 0.717) is 19.4 Å². The molecule has 0 aliphatic heterocycles. The molecule has 364 valence electrons. The molecule has 0 bridgehead atoms. The first-order valence-corrected chi connectivity index (χ1v) is 27.3. The van der Waals surface area contributed by atoms with Crippen LogP contribution in [0.2, 0.25) is 0 Å². The summed E-state index contributed by atoms with van der Waals surface area (Å²) < 4.78 is 5.46. The Kier molecular flexibility index (Phi) is 50.1. The number of rotatable bonds is 50. The van der Waals surface area contributed by atoms with Crippen molar-refractivity contribution in [3.63, 3.8) is 0 Å². The van der Waals surface area contributed by atoms with Gasteiger partial charge in [-0.05, 0) is 57.8 Å². The van der Waals surface area contributed by atoms with E-state index in [0.717, 1.165) is 51.4 Å². The van der Waals surface area contributed by atoms with E-state index in [1.807, 2.05) is 6.08 Å². The molecule has 0 aliphatic carbocycles. The molecule has 3 N–H and O–H groups in total. The molecular formula is C56H105NO5. The Morgan fingerprint density at radius 2 is 0.839 bits per heavy atom. The predicted octanol–water partition coefficient (Wildman–Crippen LogP) is 16.5. The number of unbranched alkanes of at least 4 members (excludes halogenated alkanes) is 35. The molecule has 0 aromatic carbocycles. The van der Waals surface area contributed by atoms with Gasteiger partial charge in [0.2, 0.25) is 5.91 Å². The maximum Gasteiger partial charge on any atom is 0.305 e. The number of esters is 1. The van der Waals surface area contributed by atoms with Gasteiger partial charge < -0.3 is 20.3 Å². The van der Waals surface area contributed by atoms with E-state index in [9.17, 15) is 19.8 Å². The van der Waals surface area contributed by atoms with Crippen molar-refractivity contribution in [3.8, 4) is 0 Å². The molecule has 0 aromatic heterocycles. The van der Waals surface area contributed by atoms with E-state index in [-0.39, 0.29) is 18.5 Å². The van der Waals surface area contributed by atoms with Gasteiger partial charge in [-0.25, -0.2) is 0 Å². The van der Waals surface area contributed by atoms with Gasteiger partial charge in [0, 0.05) is 12.8 Å². The second-order valence-electron chi connectivity index (χ2n) is 18.6. The number of aliphatic hydroxyl groups is 2. The van der Waals surface area contributed by atoms with Crippen molar-refractivity contribution < 1.29 is 24.5 Å². The van der Waals surface area contributed by atoms with Crippen LogP contribution < -0.4 is 5.32 Å². The predicted molar refractivity (Wildman–Crippen MR) is 269 cm³/mol. The van der Waals surface area contributed by atoms with Crippen LogP contribution in [0.25, 0.3) is 0 Å². The highest BCUT2D eigenvalue weighted by atomic mass is 16.5. The fourth-order valence-corrected chi connectivity index (χ4v) is 8.20. The second kappa shape index (κ2) is 51.7. The molecule has 0 radical (unpaired) electrons. The number of hydrogen-bond acceptors (Lipinski definition) is 5. The lowest BCUT2D eigenvalue weighted by atomic mass is 10.0. The van der Waals surface area contributed by atoms with Crippen LogP contribution in [0.4, 0.5) is 0 Å². The zero-order valence-corrected chi connectivity index (χ0v) is 41.4. The van der Waals surface area contributed by atoms with Crippen LogP contribution in [0.3, 0.4) is 0 Å². The molecule has 0 fully saturated rings. The van der Waals surface area contributed by atoms with Crippen molar-refractivity contribution in [2.24, 2.45) is 0 Å². The third-order valence-corrected chi connectivity index (χ3v) is 12.4. The second-order valence-corrected chi connectivity index (χ2v) is 18.6. The van der Waals surface area contributed by atoms with E-state index >= 15 is 0 Å². The van der Waals surface area contributed by atoms with Gasteiger partial charge in [-0.2, -0.15) is 0 Å². The molecule has 0 aromatic rings. The first kappa shape index (κ1) is 60.1. The Balaban J connectivity index is 3.40. The Labute approximate surface area is 385 Å². The Hall–Kier alpha value is -1.92. The Morgan fingerprint density at radius 1 is 0.452 bits per heavy atom. The summed E-state index contributed by atoms with van der Waals surface area (Å²) in [4.78, 5) is 24.4. The first-order chi connectivity index (χ1) is 30.5. The number of allylic oxidation sites excluding steroid dienone is 5. The van der Waals surface area contributed by atoms with Crippen molar-refractivity contribution in [3.05, 3.63) is 36.5 Å². The average Bonchev–Trinajstić information content (AvgIpc) is 3.27. The van der Waals surface area contributed by atoms with Gasteiger partial charge in [0.1, 0.15) is 0 Å². The van der Waals surface area contributed by atoms with Crippen LogP contribution in [0.5, 0.6) is 0 Å². The van der Waals surface area contributed by atoms with Gasteiger partial charge >= 0.3 is 5.97 Å². The molecule has 0 saturated carbocycles. The highest BCUT2D eigenvalue weighted by Crippen LogP contribution is 2.16. The van der Waals surface area contributed by atoms with Crippen LogP contribution >= 0.6 is 0 Å². The summed E-state index contributed by atoms with van der Waals surface area (Å²) in [5.74, 6) is -0.0754. The lowest BCUT2D eigenvalue weighted by molar-refractivity contribution is -0.143. The molecule has 0 spiro atoms. The summed E-state index contributed by atoms with van der Waals surface area (Å²) in [6.45, 7) is 4.82. The fourth-order valence-electron chi connectivity index (χ4n) is 8.20. The lowest BCUT2D eigenvalue weighted by Gasteiger charge is -2.20. The van der Waals surface area contributed by atoms with Crippen molar-refractivity contribution >= 4 is 11.9 Å². The summed E-state index contributed by atoms with van der Waals surface area (Å²) in [7, 11) is 0. The summed E-state index contributed by atoms with van der Waals surface area (Å²) in [6.07, 6.45) is 63.0. The number of nitrogens with one attached hydrogen (secondary N) is 1. The highest BCUT2D eigenvalue weighted by molar-refractivity contribution is 5.76. The highest BCUT2D eigenvalue weighted by Gasteiger charge is 2.18. The molecule has 1 amide bonds. The van der Waals surface area contributed by atoms with Crippen LogP contribution in [0.1, 0.15) is 284 Å². The molecule has 0 saturated heterocycles. The fraction of sp³-hybridized carbons (Fsp3) is 0.857. The van der Waals surface area contributed by atoms with Gasteiger partial charge in [0.15, 0.2) is 0 Å². The van der Waals surface area contributed by atoms with Gasteiger partial charge in [-0.15, -0.1) is 0 Å². The topological polar surface area (TPSA) is 95.9 Å². The van der Waals surface area contributed by atoms with Gasteiger partial charge in [0.05, 0.1) is 25.4 Å². The molecule has 0 aliphatic rings. The molecule has 62 heavy (non-hydrogen) atoms. The molecule has 0 rings (SSSR count). The van der Waals surface area contributed by atoms with Crippen molar-refractivity contribution in [1.82, 2.24) is 5.32 Å². The third-order valence-electron chi connectivity index (χ3n) is 12.4. The van der Waals surface area contributed by atoms with Gasteiger partial charge in [0.25, 0.3) is 0 Å². The molecule has 2 atom stereocenters.